The van der Waals surface area contributed by atoms with Gasteiger partial charge in [-0.25, -0.2) is 4.98 Å². The first-order valence-corrected chi connectivity index (χ1v) is 9.82. The van der Waals surface area contributed by atoms with Crippen molar-refractivity contribution in [1.82, 2.24) is 4.98 Å². The van der Waals surface area contributed by atoms with Crippen molar-refractivity contribution in [1.29, 1.82) is 0 Å². The predicted octanol–water partition coefficient (Wildman–Crippen LogP) is 4.72. The maximum atomic E-state index is 12.7. The zero-order valence-electron chi connectivity index (χ0n) is 14.6. The van der Waals surface area contributed by atoms with Crippen molar-refractivity contribution < 1.29 is 14.3 Å². The second-order valence-electron chi connectivity index (χ2n) is 6.76. The number of para-hydroxylation sites is 2. The fourth-order valence-electron chi connectivity index (χ4n) is 3.80. The Hall–Kier alpha value is -3.38. The van der Waals surface area contributed by atoms with E-state index < -0.39 is 6.10 Å². The molecule has 1 atom stereocenters. The second-order valence-corrected chi connectivity index (χ2v) is 7.76. The standard InChI is InChI=1S/C22H14N2O3S/c25-21(17-11-26-15-9-1-2-10-16(15)27-17)24-22-23-19-13-7-3-5-12-6-4-8-14(18(12)13)20(19)28-22/h1-10,17H,11H2,(H,23,24,25). The normalized spacial score (nSPS) is 16.1. The van der Waals surface area contributed by atoms with Crippen LogP contribution in [0.2, 0.25) is 0 Å². The molecule has 3 aromatic carbocycles. The highest BCUT2D eigenvalue weighted by molar-refractivity contribution is 7.20. The van der Waals surface area contributed by atoms with Crippen LogP contribution in [0, 0.1) is 0 Å². The van der Waals surface area contributed by atoms with Crippen molar-refractivity contribution in [3.63, 3.8) is 0 Å². The van der Waals surface area contributed by atoms with Crippen molar-refractivity contribution in [2.45, 2.75) is 6.10 Å². The molecule has 1 aromatic heterocycles. The second kappa shape index (κ2) is 5.81. The summed E-state index contributed by atoms with van der Waals surface area (Å²) in [6.07, 6.45) is -0.704. The summed E-state index contributed by atoms with van der Waals surface area (Å²) in [5.74, 6) is 0.981. The number of carbonyl (C=O) groups excluding carboxylic acids is 1. The maximum Gasteiger partial charge on any atom is 0.270 e. The van der Waals surface area contributed by atoms with Crippen LogP contribution in [0.3, 0.4) is 0 Å². The third-order valence-corrected chi connectivity index (χ3v) is 6.07. The Morgan fingerprint density at radius 2 is 1.79 bits per heavy atom. The van der Waals surface area contributed by atoms with Gasteiger partial charge in [0.25, 0.3) is 5.91 Å². The highest BCUT2D eigenvalue weighted by Crippen LogP contribution is 2.50. The van der Waals surface area contributed by atoms with E-state index in [1.165, 1.54) is 27.7 Å². The molecule has 0 fully saturated rings. The Labute approximate surface area is 164 Å². The van der Waals surface area contributed by atoms with Crippen molar-refractivity contribution in [2.24, 2.45) is 0 Å². The van der Waals surface area contributed by atoms with E-state index in [-0.39, 0.29) is 12.5 Å². The fourth-order valence-corrected chi connectivity index (χ4v) is 4.82. The SMILES string of the molecule is O=C(Nc1nc2c(s1)-c1cccc3cccc-2c13)C1COc2ccccc2O1. The first-order chi connectivity index (χ1) is 13.8. The summed E-state index contributed by atoms with van der Waals surface area (Å²) in [6, 6.07) is 19.9. The predicted molar refractivity (Wildman–Crippen MR) is 109 cm³/mol. The van der Waals surface area contributed by atoms with Gasteiger partial charge in [-0.3, -0.25) is 10.1 Å². The molecular formula is C22H14N2O3S. The first-order valence-electron chi connectivity index (χ1n) is 9.00. The Morgan fingerprint density at radius 1 is 1.00 bits per heavy atom. The zero-order valence-corrected chi connectivity index (χ0v) is 15.5. The van der Waals surface area contributed by atoms with Crippen LogP contribution < -0.4 is 14.8 Å². The van der Waals surface area contributed by atoms with Crippen LogP contribution in [0.5, 0.6) is 11.5 Å². The first kappa shape index (κ1) is 15.7. The van der Waals surface area contributed by atoms with E-state index in [0.717, 1.165) is 16.1 Å². The highest BCUT2D eigenvalue weighted by Gasteiger charge is 2.30. The van der Waals surface area contributed by atoms with Crippen LogP contribution in [0.4, 0.5) is 5.13 Å². The van der Waals surface area contributed by atoms with Gasteiger partial charge >= 0.3 is 0 Å². The van der Waals surface area contributed by atoms with Gasteiger partial charge in [0, 0.05) is 11.1 Å². The van der Waals surface area contributed by atoms with Crippen LogP contribution in [0.15, 0.2) is 60.7 Å². The van der Waals surface area contributed by atoms with Crippen LogP contribution in [0.1, 0.15) is 0 Å². The smallest absolute Gasteiger partial charge is 0.270 e. The molecule has 4 aromatic rings. The van der Waals surface area contributed by atoms with Gasteiger partial charge in [0.15, 0.2) is 16.6 Å². The molecule has 0 spiro atoms. The lowest BCUT2D eigenvalue weighted by Gasteiger charge is -2.25. The van der Waals surface area contributed by atoms with E-state index >= 15 is 0 Å². The number of hydrogen-bond donors (Lipinski definition) is 1. The summed E-state index contributed by atoms with van der Waals surface area (Å²) in [4.78, 5) is 18.5. The summed E-state index contributed by atoms with van der Waals surface area (Å²) in [5.41, 5.74) is 3.22. The van der Waals surface area contributed by atoms with Gasteiger partial charge in [-0.1, -0.05) is 59.9 Å². The molecule has 6 heteroatoms. The van der Waals surface area contributed by atoms with E-state index in [2.05, 4.69) is 35.6 Å². The molecule has 0 radical (unpaired) electrons. The number of carbonyl (C=O) groups is 1. The third kappa shape index (κ3) is 2.25. The number of ether oxygens (including phenoxy) is 2. The Morgan fingerprint density at radius 3 is 2.64 bits per heavy atom. The monoisotopic (exact) mass is 386 g/mol. The van der Waals surface area contributed by atoms with E-state index in [1.54, 1.807) is 6.07 Å². The lowest BCUT2D eigenvalue weighted by Crippen LogP contribution is -2.40. The molecule has 1 amide bonds. The van der Waals surface area contributed by atoms with Crippen molar-refractivity contribution >= 4 is 33.1 Å². The minimum Gasteiger partial charge on any atom is -0.485 e. The summed E-state index contributed by atoms with van der Waals surface area (Å²) in [6.45, 7) is 0.177. The Bertz CT molecular complexity index is 1210. The minimum atomic E-state index is -0.704. The maximum absolute atomic E-state index is 12.7. The van der Waals surface area contributed by atoms with Gasteiger partial charge in [0.1, 0.15) is 6.61 Å². The molecule has 136 valence electrons. The molecule has 28 heavy (non-hydrogen) atoms. The van der Waals surface area contributed by atoms with Crippen LogP contribution in [-0.2, 0) is 4.79 Å². The van der Waals surface area contributed by atoms with Gasteiger partial charge in [0.05, 0.1) is 10.6 Å². The summed E-state index contributed by atoms with van der Waals surface area (Å²) in [7, 11) is 0. The molecule has 1 N–H and O–H groups in total. The fraction of sp³-hybridized carbons (Fsp3) is 0.0909. The average molecular weight is 386 g/mol. The van der Waals surface area contributed by atoms with Crippen molar-refractivity contribution in [3.05, 3.63) is 60.7 Å². The summed E-state index contributed by atoms with van der Waals surface area (Å²) in [5, 5.41) is 5.91. The van der Waals surface area contributed by atoms with Crippen molar-refractivity contribution in [3.8, 4) is 33.2 Å². The van der Waals surface area contributed by atoms with E-state index in [1.807, 2.05) is 24.3 Å². The number of hydrogen-bond acceptors (Lipinski definition) is 5. The topological polar surface area (TPSA) is 60.5 Å². The molecule has 1 aliphatic carbocycles. The van der Waals surface area contributed by atoms with Gasteiger partial charge in [-0.15, -0.1) is 0 Å². The van der Waals surface area contributed by atoms with E-state index in [0.29, 0.717) is 16.6 Å². The molecule has 5 nitrogen and oxygen atoms in total. The molecule has 1 unspecified atom stereocenters. The molecule has 0 saturated carbocycles. The summed E-state index contributed by atoms with van der Waals surface area (Å²) >= 11 is 1.49. The zero-order chi connectivity index (χ0) is 18.7. The number of nitrogens with zero attached hydrogens (tertiary/aromatic N) is 1. The number of fused-ring (bicyclic) bond motifs is 4. The number of anilines is 1. The summed E-state index contributed by atoms with van der Waals surface area (Å²) < 4.78 is 11.4. The average Bonchev–Trinajstić information content (AvgIpc) is 3.27. The number of nitrogens with one attached hydrogen (secondary N) is 1. The minimum absolute atomic E-state index is 0.177. The van der Waals surface area contributed by atoms with Crippen LogP contribution >= 0.6 is 11.3 Å². The molecular weight excluding hydrogens is 372 g/mol. The molecule has 0 saturated heterocycles. The molecule has 6 rings (SSSR count). The molecule has 2 aliphatic rings. The molecule has 1 aliphatic heterocycles. The number of thiazole rings is 1. The Balaban J connectivity index is 1.29. The lowest BCUT2D eigenvalue weighted by molar-refractivity contribution is -0.125. The van der Waals surface area contributed by atoms with E-state index in [9.17, 15) is 4.79 Å². The van der Waals surface area contributed by atoms with Crippen LogP contribution in [0.25, 0.3) is 32.5 Å². The van der Waals surface area contributed by atoms with Gasteiger partial charge in [-0.05, 0) is 22.9 Å². The number of rotatable bonds is 2. The van der Waals surface area contributed by atoms with Gasteiger partial charge in [0.2, 0.25) is 6.10 Å². The largest absolute Gasteiger partial charge is 0.485 e. The lowest BCUT2D eigenvalue weighted by atomic mass is 10.0. The number of aromatic nitrogens is 1. The highest BCUT2D eigenvalue weighted by atomic mass is 32.1. The van der Waals surface area contributed by atoms with E-state index in [4.69, 9.17) is 14.5 Å². The van der Waals surface area contributed by atoms with Crippen molar-refractivity contribution in [2.75, 3.05) is 11.9 Å². The van der Waals surface area contributed by atoms with Crippen LogP contribution in [-0.4, -0.2) is 23.6 Å². The van der Waals surface area contributed by atoms with Gasteiger partial charge in [-0.2, -0.15) is 0 Å². The molecule has 2 heterocycles. The molecule has 0 bridgehead atoms. The Kier molecular flexibility index (Phi) is 3.25. The number of amides is 1. The number of benzene rings is 3. The van der Waals surface area contributed by atoms with Gasteiger partial charge < -0.3 is 9.47 Å². The quantitative estimate of drug-likeness (QED) is 0.477. The third-order valence-electron chi connectivity index (χ3n) is 5.06.